The minimum absolute atomic E-state index is 0.407. The van der Waals surface area contributed by atoms with Crippen LogP contribution in [0.2, 0.25) is 0 Å². The molecular weight excluding hydrogens is 146 g/mol. The third-order valence-corrected chi connectivity index (χ3v) is 3.25. The molecule has 1 N–H and O–H groups in total. The molecule has 0 spiro atoms. The number of nitrogens with one attached hydrogen (secondary N) is 1. The maximum Gasteiger partial charge on any atom is 0.00177 e. The average Bonchev–Trinajstić information content (AvgIpc) is 2.37. The Kier molecular flexibility index (Phi) is 1.80. The van der Waals surface area contributed by atoms with Crippen molar-refractivity contribution in [3.63, 3.8) is 0 Å². The quantitative estimate of drug-likeness (QED) is 0.543. The van der Waals surface area contributed by atoms with Crippen LogP contribution in [0.25, 0.3) is 0 Å². The number of allylic oxidation sites excluding steroid dienone is 1. The summed E-state index contributed by atoms with van der Waals surface area (Å²) in [4.78, 5) is 0. The zero-order valence-corrected chi connectivity index (χ0v) is 8.35. The van der Waals surface area contributed by atoms with Crippen LogP contribution in [-0.4, -0.2) is 13.1 Å². The molecule has 2 atom stereocenters. The van der Waals surface area contributed by atoms with Gasteiger partial charge in [0, 0.05) is 6.54 Å². The minimum Gasteiger partial charge on any atom is -0.316 e. The van der Waals surface area contributed by atoms with Gasteiger partial charge in [0.25, 0.3) is 0 Å². The second-order valence-electron chi connectivity index (χ2n) is 5.23. The molecule has 0 bridgehead atoms. The lowest BCUT2D eigenvalue weighted by atomic mass is 9.85. The van der Waals surface area contributed by atoms with E-state index in [9.17, 15) is 0 Å². The normalized spacial score (nSPS) is 35.1. The van der Waals surface area contributed by atoms with Crippen molar-refractivity contribution in [1.82, 2.24) is 5.32 Å². The molecule has 0 radical (unpaired) electrons. The summed E-state index contributed by atoms with van der Waals surface area (Å²) in [5.74, 6) is 1.76. The number of fused-ring (bicyclic) bond motifs is 1. The fourth-order valence-corrected chi connectivity index (χ4v) is 2.34. The Morgan fingerprint density at radius 3 is 2.67 bits per heavy atom. The molecule has 2 aliphatic rings. The zero-order chi connectivity index (χ0) is 8.77. The molecule has 2 rings (SSSR count). The van der Waals surface area contributed by atoms with E-state index in [2.05, 4.69) is 32.2 Å². The van der Waals surface area contributed by atoms with Crippen LogP contribution < -0.4 is 5.32 Å². The highest BCUT2D eigenvalue weighted by Crippen LogP contribution is 2.41. The minimum atomic E-state index is 0.407. The van der Waals surface area contributed by atoms with Gasteiger partial charge in [0.15, 0.2) is 0 Å². The van der Waals surface area contributed by atoms with E-state index in [1.54, 1.807) is 5.57 Å². The van der Waals surface area contributed by atoms with E-state index in [0.717, 1.165) is 11.8 Å². The van der Waals surface area contributed by atoms with Crippen molar-refractivity contribution >= 4 is 0 Å². The Bertz CT molecular complexity index is 210. The predicted octanol–water partition coefficient (Wildman–Crippen LogP) is 2.20. The monoisotopic (exact) mass is 165 g/mol. The average molecular weight is 165 g/mol. The van der Waals surface area contributed by atoms with Crippen LogP contribution in [0.1, 0.15) is 27.2 Å². The standard InChI is InChI=1S/C11H19N/c1-11(2,3)10-4-8-6-12-7-9(8)5-10/h4,8-9,12H,5-7H2,1-3H3. The first-order valence-electron chi connectivity index (χ1n) is 4.99. The SMILES string of the molecule is CC(C)(C)C1=CC2CNCC2C1. The molecular formula is C11H19N. The molecule has 0 aromatic carbocycles. The summed E-state index contributed by atoms with van der Waals surface area (Å²) < 4.78 is 0. The lowest BCUT2D eigenvalue weighted by Gasteiger charge is -2.21. The van der Waals surface area contributed by atoms with Gasteiger partial charge in [-0.05, 0) is 30.2 Å². The van der Waals surface area contributed by atoms with Crippen LogP contribution in [-0.2, 0) is 0 Å². The highest BCUT2D eigenvalue weighted by atomic mass is 14.9. The van der Waals surface area contributed by atoms with E-state index >= 15 is 0 Å². The van der Waals surface area contributed by atoms with Gasteiger partial charge in [-0.25, -0.2) is 0 Å². The topological polar surface area (TPSA) is 12.0 Å². The predicted molar refractivity (Wildman–Crippen MR) is 52.0 cm³/mol. The highest BCUT2D eigenvalue weighted by molar-refractivity contribution is 5.21. The van der Waals surface area contributed by atoms with Crippen LogP contribution in [0.3, 0.4) is 0 Å². The first kappa shape index (κ1) is 8.31. The van der Waals surface area contributed by atoms with Crippen LogP contribution in [0.15, 0.2) is 11.6 Å². The van der Waals surface area contributed by atoms with Crippen LogP contribution in [0.4, 0.5) is 0 Å². The van der Waals surface area contributed by atoms with Crippen LogP contribution in [0, 0.1) is 17.3 Å². The van der Waals surface area contributed by atoms with Gasteiger partial charge in [-0.3, -0.25) is 0 Å². The summed E-state index contributed by atoms with van der Waals surface area (Å²) in [6.07, 6.45) is 3.85. The summed E-state index contributed by atoms with van der Waals surface area (Å²) >= 11 is 0. The second kappa shape index (κ2) is 2.59. The first-order valence-corrected chi connectivity index (χ1v) is 4.99. The molecule has 12 heavy (non-hydrogen) atoms. The van der Waals surface area contributed by atoms with Gasteiger partial charge in [0.1, 0.15) is 0 Å². The van der Waals surface area contributed by atoms with E-state index in [0.29, 0.717) is 5.41 Å². The number of hydrogen-bond donors (Lipinski definition) is 1. The van der Waals surface area contributed by atoms with Gasteiger partial charge in [0.05, 0.1) is 0 Å². The summed E-state index contributed by atoms with van der Waals surface area (Å²) in [6.45, 7) is 9.43. The smallest absolute Gasteiger partial charge is 0.00177 e. The van der Waals surface area contributed by atoms with Crippen molar-refractivity contribution in [3.05, 3.63) is 11.6 Å². The second-order valence-corrected chi connectivity index (χ2v) is 5.23. The lowest BCUT2D eigenvalue weighted by molar-refractivity contribution is 0.455. The molecule has 0 amide bonds. The van der Waals surface area contributed by atoms with Crippen molar-refractivity contribution in [3.8, 4) is 0 Å². The molecule has 2 unspecified atom stereocenters. The zero-order valence-electron chi connectivity index (χ0n) is 8.35. The molecule has 1 aliphatic carbocycles. The largest absolute Gasteiger partial charge is 0.316 e. The Balaban J connectivity index is 2.12. The van der Waals surface area contributed by atoms with Gasteiger partial charge in [-0.2, -0.15) is 0 Å². The van der Waals surface area contributed by atoms with E-state index in [4.69, 9.17) is 0 Å². The maximum atomic E-state index is 3.45. The number of hydrogen-bond acceptors (Lipinski definition) is 1. The van der Waals surface area contributed by atoms with Gasteiger partial charge >= 0.3 is 0 Å². The summed E-state index contributed by atoms with van der Waals surface area (Å²) in [5.41, 5.74) is 2.09. The molecule has 1 fully saturated rings. The number of rotatable bonds is 0. The van der Waals surface area contributed by atoms with E-state index in [-0.39, 0.29) is 0 Å². The fourth-order valence-electron chi connectivity index (χ4n) is 2.34. The fraction of sp³-hybridized carbons (Fsp3) is 0.818. The summed E-state index contributed by atoms with van der Waals surface area (Å²) in [7, 11) is 0. The molecule has 0 saturated carbocycles. The summed E-state index contributed by atoms with van der Waals surface area (Å²) in [5, 5.41) is 3.45. The van der Waals surface area contributed by atoms with Crippen molar-refractivity contribution in [2.45, 2.75) is 27.2 Å². The van der Waals surface area contributed by atoms with Crippen molar-refractivity contribution in [1.29, 1.82) is 0 Å². The third-order valence-electron chi connectivity index (χ3n) is 3.25. The molecule has 1 heteroatoms. The molecule has 1 aliphatic heterocycles. The summed E-state index contributed by atoms with van der Waals surface area (Å²) in [6, 6.07) is 0. The van der Waals surface area contributed by atoms with Gasteiger partial charge < -0.3 is 5.32 Å². The molecule has 0 aromatic heterocycles. The van der Waals surface area contributed by atoms with Crippen molar-refractivity contribution in [2.24, 2.45) is 17.3 Å². The Morgan fingerprint density at radius 2 is 2.08 bits per heavy atom. The highest BCUT2D eigenvalue weighted by Gasteiger charge is 2.34. The van der Waals surface area contributed by atoms with Gasteiger partial charge in [-0.15, -0.1) is 0 Å². The Hall–Kier alpha value is -0.300. The molecule has 1 saturated heterocycles. The molecule has 1 nitrogen and oxygen atoms in total. The van der Waals surface area contributed by atoms with Crippen molar-refractivity contribution < 1.29 is 0 Å². The van der Waals surface area contributed by atoms with E-state index in [1.165, 1.54) is 19.5 Å². The van der Waals surface area contributed by atoms with E-state index in [1.807, 2.05) is 0 Å². The Morgan fingerprint density at radius 1 is 1.33 bits per heavy atom. The van der Waals surface area contributed by atoms with Crippen LogP contribution >= 0.6 is 0 Å². The van der Waals surface area contributed by atoms with Gasteiger partial charge in [-0.1, -0.05) is 32.4 Å². The van der Waals surface area contributed by atoms with Crippen molar-refractivity contribution in [2.75, 3.05) is 13.1 Å². The Labute approximate surface area is 75.2 Å². The van der Waals surface area contributed by atoms with Gasteiger partial charge in [0.2, 0.25) is 0 Å². The molecule has 0 aromatic rings. The van der Waals surface area contributed by atoms with E-state index < -0.39 is 0 Å². The molecule has 68 valence electrons. The van der Waals surface area contributed by atoms with Crippen LogP contribution in [0.5, 0.6) is 0 Å². The first-order chi connectivity index (χ1) is 5.57. The third kappa shape index (κ3) is 1.31. The molecule has 1 heterocycles. The maximum absolute atomic E-state index is 3.45. The lowest BCUT2D eigenvalue weighted by Crippen LogP contribution is -2.13.